The molecule has 1 N–H and O–H groups in total. The second-order valence-electron chi connectivity index (χ2n) is 6.61. The highest BCUT2D eigenvalue weighted by Crippen LogP contribution is 2.40. The van der Waals surface area contributed by atoms with Gasteiger partial charge in [0.25, 0.3) is 5.91 Å². The van der Waals surface area contributed by atoms with Crippen molar-refractivity contribution in [3.63, 3.8) is 0 Å². The largest absolute Gasteiger partial charge is 0.349 e. The molecule has 2 rings (SSSR count). The number of hydrogen-bond acceptors (Lipinski definition) is 2. The fraction of sp³-hybridized carbons (Fsp3) is 0.647. The highest BCUT2D eigenvalue weighted by Gasteiger charge is 2.32. The van der Waals surface area contributed by atoms with E-state index in [4.69, 9.17) is 0 Å². The third kappa shape index (κ3) is 3.59. The number of aromatic nitrogens is 1. The van der Waals surface area contributed by atoms with Gasteiger partial charge >= 0.3 is 0 Å². The molecular weight excluding hydrogens is 248 g/mol. The van der Waals surface area contributed by atoms with Gasteiger partial charge in [0, 0.05) is 18.4 Å². The molecule has 0 radical (unpaired) electrons. The average Bonchev–Trinajstić information content (AvgIpc) is 2.48. The van der Waals surface area contributed by atoms with Gasteiger partial charge in [-0.2, -0.15) is 0 Å². The number of nitrogens with one attached hydrogen (secondary N) is 1. The standard InChI is InChI=1S/C17H26N2O/c1-4-17(2,3)14-7-9-15(10-8-14)19-16(20)13-6-5-11-18-12-13/h5-6,11-12,14-15H,4,7-10H2,1-3H3,(H,19,20). The Balaban J connectivity index is 1.85. The Morgan fingerprint density at radius 3 is 2.60 bits per heavy atom. The van der Waals surface area contributed by atoms with Gasteiger partial charge < -0.3 is 5.32 Å². The van der Waals surface area contributed by atoms with Crippen molar-refractivity contribution in [1.82, 2.24) is 10.3 Å². The van der Waals surface area contributed by atoms with Crippen LogP contribution in [0, 0.1) is 11.3 Å². The summed E-state index contributed by atoms with van der Waals surface area (Å²) in [6.07, 6.45) is 9.18. The van der Waals surface area contributed by atoms with E-state index in [1.807, 2.05) is 6.07 Å². The molecule has 0 aliphatic heterocycles. The molecule has 0 aromatic carbocycles. The summed E-state index contributed by atoms with van der Waals surface area (Å²) in [5, 5.41) is 3.15. The maximum atomic E-state index is 12.1. The number of carbonyl (C=O) groups excluding carboxylic acids is 1. The molecule has 0 spiro atoms. The van der Waals surface area contributed by atoms with Gasteiger partial charge in [-0.05, 0) is 49.1 Å². The lowest BCUT2D eigenvalue weighted by Crippen LogP contribution is -2.39. The topological polar surface area (TPSA) is 42.0 Å². The maximum absolute atomic E-state index is 12.1. The Morgan fingerprint density at radius 1 is 1.35 bits per heavy atom. The Hall–Kier alpha value is -1.38. The molecule has 1 aliphatic carbocycles. The van der Waals surface area contributed by atoms with E-state index in [2.05, 4.69) is 31.1 Å². The smallest absolute Gasteiger partial charge is 0.253 e. The normalized spacial score (nSPS) is 23.4. The summed E-state index contributed by atoms with van der Waals surface area (Å²) < 4.78 is 0. The van der Waals surface area contributed by atoms with E-state index >= 15 is 0 Å². The van der Waals surface area contributed by atoms with Crippen molar-refractivity contribution in [3.8, 4) is 0 Å². The molecule has 0 bridgehead atoms. The van der Waals surface area contributed by atoms with Gasteiger partial charge in [-0.15, -0.1) is 0 Å². The van der Waals surface area contributed by atoms with Crippen molar-refractivity contribution >= 4 is 5.91 Å². The molecule has 3 heteroatoms. The van der Waals surface area contributed by atoms with Crippen molar-refractivity contribution in [2.45, 2.75) is 58.9 Å². The van der Waals surface area contributed by atoms with Crippen LogP contribution in [0.25, 0.3) is 0 Å². The first-order valence-electron chi connectivity index (χ1n) is 7.74. The molecule has 110 valence electrons. The number of hydrogen-bond donors (Lipinski definition) is 1. The number of amides is 1. The number of pyridine rings is 1. The van der Waals surface area contributed by atoms with Crippen LogP contribution in [-0.4, -0.2) is 16.9 Å². The summed E-state index contributed by atoms with van der Waals surface area (Å²) in [5.41, 5.74) is 1.08. The predicted octanol–water partition coefficient (Wildman–Crippen LogP) is 3.81. The van der Waals surface area contributed by atoms with Gasteiger partial charge in [-0.1, -0.05) is 27.2 Å². The van der Waals surface area contributed by atoms with E-state index in [1.54, 1.807) is 18.5 Å². The van der Waals surface area contributed by atoms with E-state index in [0.717, 1.165) is 18.8 Å². The van der Waals surface area contributed by atoms with E-state index in [0.29, 0.717) is 17.0 Å². The quantitative estimate of drug-likeness (QED) is 0.907. The van der Waals surface area contributed by atoms with Crippen LogP contribution >= 0.6 is 0 Å². The monoisotopic (exact) mass is 274 g/mol. The summed E-state index contributed by atoms with van der Waals surface area (Å²) >= 11 is 0. The van der Waals surface area contributed by atoms with E-state index in [-0.39, 0.29) is 5.91 Å². The third-order valence-electron chi connectivity index (χ3n) is 5.00. The zero-order chi connectivity index (χ0) is 14.6. The maximum Gasteiger partial charge on any atom is 0.253 e. The molecule has 1 fully saturated rings. The minimum absolute atomic E-state index is 0.0105. The van der Waals surface area contributed by atoms with Crippen LogP contribution in [0.5, 0.6) is 0 Å². The zero-order valence-corrected chi connectivity index (χ0v) is 12.9. The number of rotatable bonds is 4. The fourth-order valence-electron chi connectivity index (χ4n) is 3.07. The van der Waals surface area contributed by atoms with Crippen molar-refractivity contribution in [2.24, 2.45) is 11.3 Å². The third-order valence-corrected chi connectivity index (χ3v) is 5.00. The van der Waals surface area contributed by atoms with Crippen LogP contribution in [0.4, 0.5) is 0 Å². The minimum atomic E-state index is 0.0105. The molecule has 0 unspecified atom stereocenters. The van der Waals surface area contributed by atoms with Crippen molar-refractivity contribution in [1.29, 1.82) is 0 Å². The average molecular weight is 274 g/mol. The van der Waals surface area contributed by atoms with Crippen LogP contribution in [0.15, 0.2) is 24.5 Å². The Labute approximate surface area is 122 Å². The molecule has 20 heavy (non-hydrogen) atoms. The highest BCUT2D eigenvalue weighted by molar-refractivity contribution is 5.93. The second kappa shape index (κ2) is 6.38. The summed E-state index contributed by atoms with van der Waals surface area (Å²) in [4.78, 5) is 16.1. The number of carbonyl (C=O) groups is 1. The summed E-state index contributed by atoms with van der Waals surface area (Å²) in [5.74, 6) is 0.801. The van der Waals surface area contributed by atoms with Gasteiger partial charge in [0.2, 0.25) is 0 Å². The molecule has 1 aliphatic rings. The summed E-state index contributed by atoms with van der Waals surface area (Å²) in [6.45, 7) is 7.01. The molecule has 0 atom stereocenters. The molecule has 1 saturated carbocycles. The summed E-state index contributed by atoms with van der Waals surface area (Å²) in [6, 6.07) is 3.94. The highest BCUT2D eigenvalue weighted by atomic mass is 16.1. The molecule has 1 heterocycles. The Bertz CT molecular complexity index is 434. The Kier molecular flexibility index (Phi) is 4.79. The SMILES string of the molecule is CCC(C)(C)C1CCC(NC(=O)c2cccnc2)CC1. The van der Waals surface area contributed by atoms with Gasteiger partial charge in [-0.3, -0.25) is 9.78 Å². The van der Waals surface area contributed by atoms with Crippen LogP contribution in [0.2, 0.25) is 0 Å². The lowest BCUT2D eigenvalue weighted by Gasteiger charge is -2.39. The molecule has 1 amide bonds. The molecule has 1 aromatic rings. The van der Waals surface area contributed by atoms with E-state index in [9.17, 15) is 4.79 Å². The minimum Gasteiger partial charge on any atom is -0.349 e. The summed E-state index contributed by atoms with van der Waals surface area (Å²) in [7, 11) is 0. The second-order valence-corrected chi connectivity index (χ2v) is 6.61. The first-order valence-corrected chi connectivity index (χ1v) is 7.74. The van der Waals surface area contributed by atoms with Gasteiger partial charge in [0.05, 0.1) is 5.56 Å². The molecular formula is C17H26N2O. The van der Waals surface area contributed by atoms with Gasteiger partial charge in [0.1, 0.15) is 0 Å². The van der Waals surface area contributed by atoms with E-state index in [1.165, 1.54) is 19.3 Å². The van der Waals surface area contributed by atoms with Crippen LogP contribution in [0.3, 0.4) is 0 Å². The van der Waals surface area contributed by atoms with Crippen LogP contribution in [-0.2, 0) is 0 Å². The predicted molar refractivity (Wildman–Crippen MR) is 81.5 cm³/mol. The van der Waals surface area contributed by atoms with Crippen molar-refractivity contribution < 1.29 is 4.79 Å². The zero-order valence-electron chi connectivity index (χ0n) is 12.9. The first kappa shape index (κ1) is 15.0. The van der Waals surface area contributed by atoms with E-state index < -0.39 is 0 Å². The Morgan fingerprint density at radius 2 is 2.05 bits per heavy atom. The molecule has 1 aromatic heterocycles. The first-order chi connectivity index (χ1) is 9.53. The molecule has 3 nitrogen and oxygen atoms in total. The number of nitrogens with zero attached hydrogens (tertiary/aromatic N) is 1. The fourth-order valence-corrected chi connectivity index (χ4v) is 3.07. The van der Waals surface area contributed by atoms with Gasteiger partial charge in [0.15, 0.2) is 0 Å². The lowest BCUT2D eigenvalue weighted by molar-refractivity contribution is 0.0893. The van der Waals surface area contributed by atoms with Crippen molar-refractivity contribution in [2.75, 3.05) is 0 Å². The van der Waals surface area contributed by atoms with Crippen LogP contribution < -0.4 is 5.32 Å². The van der Waals surface area contributed by atoms with Crippen LogP contribution in [0.1, 0.15) is 63.2 Å². The van der Waals surface area contributed by atoms with Crippen molar-refractivity contribution in [3.05, 3.63) is 30.1 Å². The van der Waals surface area contributed by atoms with Gasteiger partial charge in [-0.25, -0.2) is 0 Å². The lowest BCUT2D eigenvalue weighted by atomic mass is 9.69. The molecule has 0 saturated heterocycles.